The molecule has 0 unspecified atom stereocenters. The predicted molar refractivity (Wildman–Crippen MR) is 117 cm³/mol. The fourth-order valence-electron chi connectivity index (χ4n) is 4.77. The molecule has 1 heterocycles. The number of carbonyl (C=O) groups is 1. The molecule has 1 aliphatic heterocycles. The molecule has 1 N–H and O–H groups in total. The molecule has 1 saturated heterocycles. The number of carbonyl (C=O) groups excluding carboxylic acids is 1. The molecule has 0 aromatic heterocycles. The third-order valence-electron chi connectivity index (χ3n) is 6.63. The van der Waals surface area contributed by atoms with Gasteiger partial charge < -0.3 is 5.32 Å². The first kappa shape index (κ1) is 22.3. The van der Waals surface area contributed by atoms with Gasteiger partial charge in [-0.25, -0.2) is 12.7 Å². The second-order valence-electron chi connectivity index (χ2n) is 9.17. The van der Waals surface area contributed by atoms with Crippen molar-refractivity contribution >= 4 is 15.9 Å². The number of sulfonamides is 1. The predicted octanol–water partition coefficient (Wildman–Crippen LogP) is 4.22. The molecule has 0 spiro atoms. The highest BCUT2D eigenvalue weighted by molar-refractivity contribution is 7.88. The van der Waals surface area contributed by atoms with E-state index in [1.807, 2.05) is 0 Å². The number of piperidine rings is 1. The first-order valence-corrected chi connectivity index (χ1v) is 13.0. The number of hydrogen-bond acceptors (Lipinski definition) is 3. The van der Waals surface area contributed by atoms with Crippen molar-refractivity contribution in [1.82, 2.24) is 9.62 Å². The molecule has 1 aromatic carbocycles. The minimum absolute atomic E-state index is 0.0177. The quantitative estimate of drug-likeness (QED) is 0.749. The van der Waals surface area contributed by atoms with Crippen LogP contribution in [0, 0.1) is 11.8 Å². The fraction of sp³-hybridized carbons (Fsp3) is 0.696. The van der Waals surface area contributed by atoms with E-state index in [4.69, 9.17) is 0 Å². The zero-order chi connectivity index (χ0) is 21.0. The van der Waals surface area contributed by atoms with E-state index in [-0.39, 0.29) is 23.8 Å². The van der Waals surface area contributed by atoms with Crippen molar-refractivity contribution in [1.29, 1.82) is 0 Å². The van der Waals surface area contributed by atoms with Crippen LogP contribution in [-0.2, 0) is 14.8 Å². The summed E-state index contributed by atoms with van der Waals surface area (Å²) in [6, 6.07) is 8.84. The number of nitrogens with one attached hydrogen (secondary N) is 1. The molecule has 162 valence electrons. The molecule has 6 heteroatoms. The second kappa shape index (κ2) is 9.61. The van der Waals surface area contributed by atoms with Crippen molar-refractivity contribution in [2.75, 3.05) is 19.3 Å². The zero-order valence-corrected chi connectivity index (χ0v) is 18.9. The molecule has 3 rings (SSSR count). The second-order valence-corrected chi connectivity index (χ2v) is 11.2. The van der Waals surface area contributed by atoms with Gasteiger partial charge in [-0.05, 0) is 48.6 Å². The van der Waals surface area contributed by atoms with Gasteiger partial charge in [-0.3, -0.25) is 4.79 Å². The molecular formula is C23H36N2O3S. The molecule has 1 aliphatic carbocycles. The Bertz CT molecular complexity index is 775. The molecule has 0 radical (unpaired) electrons. The molecule has 1 amide bonds. The normalized spacial score (nSPS) is 21.2. The van der Waals surface area contributed by atoms with Crippen LogP contribution in [0.15, 0.2) is 24.3 Å². The van der Waals surface area contributed by atoms with E-state index in [2.05, 4.69) is 43.4 Å². The molecule has 0 bridgehead atoms. The van der Waals surface area contributed by atoms with Crippen LogP contribution in [-0.4, -0.2) is 38.0 Å². The summed E-state index contributed by atoms with van der Waals surface area (Å²) in [7, 11) is -3.17. The van der Waals surface area contributed by atoms with E-state index in [1.165, 1.54) is 48.2 Å². The van der Waals surface area contributed by atoms with Gasteiger partial charge >= 0.3 is 0 Å². The Hall–Kier alpha value is -1.40. The van der Waals surface area contributed by atoms with Gasteiger partial charge in [0.25, 0.3) is 0 Å². The summed E-state index contributed by atoms with van der Waals surface area (Å²) >= 11 is 0. The summed E-state index contributed by atoms with van der Waals surface area (Å²) in [6.45, 7) is 5.12. The van der Waals surface area contributed by atoms with Crippen LogP contribution in [0.1, 0.15) is 81.9 Å². The first-order valence-electron chi connectivity index (χ1n) is 11.1. The SMILES string of the molecule is CC(C)[C@H](NC(=O)C1CCN(S(C)(=O)=O)CC1)c1ccc(C2CCCCC2)cc1. The largest absolute Gasteiger partial charge is 0.349 e. The molecular weight excluding hydrogens is 384 g/mol. The zero-order valence-electron chi connectivity index (χ0n) is 18.1. The van der Waals surface area contributed by atoms with Gasteiger partial charge in [0, 0.05) is 19.0 Å². The topological polar surface area (TPSA) is 66.5 Å². The minimum atomic E-state index is -3.17. The van der Waals surface area contributed by atoms with Gasteiger partial charge in [-0.1, -0.05) is 57.4 Å². The average Bonchev–Trinajstić information content (AvgIpc) is 2.72. The Kier molecular flexibility index (Phi) is 7.38. The Morgan fingerprint density at radius 1 is 1.00 bits per heavy atom. The van der Waals surface area contributed by atoms with Crippen LogP contribution >= 0.6 is 0 Å². The summed E-state index contributed by atoms with van der Waals surface area (Å²) < 4.78 is 24.8. The van der Waals surface area contributed by atoms with Gasteiger partial charge in [0.05, 0.1) is 12.3 Å². The van der Waals surface area contributed by atoms with Crippen LogP contribution in [0.3, 0.4) is 0 Å². The molecule has 1 atom stereocenters. The van der Waals surface area contributed by atoms with Crippen molar-refractivity contribution in [3.05, 3.63) is 35.4 Å². The summed E-state index contributed by atoms with van der Waals surface area (Å²) in [5.74, 6) is 0.907. The Morgan fingerprint density at radius 3 is 2.10 bits per heavy atom. The van der Waals surface area contributed by atoms with E-state index < -0.39 is 10.0 Å². The number of amides is 1. The van der Waals surface area contributed by atoms with E-state index in [9.17, 15) is 13.2 Å². The molecule has 2 fully saturated rings. The maximum Gasteiger partial charge on any atom is 0.223 e. The first-order chi connectivity index (χ1) is 13.8. The third-order valence-corrected chi connectivity index (χ3v) is 7.93. The lowest BCUT2D eigenvalue weighted by Crippen LogP contribution is -2.44. The Morgan fingerprint density at radius 2 is 1.59 bits per heavy atom. The molecule has 5 nitrogen and oxygen atoms in total. The number of nitrogens with zero attached hydrogens (tertiary/aromatic N) is 1. The maximum absolute atomic E-state index is 12.9. The lowest BCUT2D eigenvalue weighted by Gasteiger charge is -2.31. The van der Waals surface area contributed by atoms with Gasteiger partial charge in [0.1, 0.15) is 0 Å². The van der Waals surface area contributed by atoms with Crippen molar-refractivity contribution in [2.45, 2.75) is 70.8 Å². The minimum Gasteiger partial charge on any atom is -0.349 e. The highest BCUT2D eigenvalue weighted by Gasteiger charge is 2.30. The van der Waals surface area contributed by atoms with Crippen LogP contribution < -0.4 is 5.32 Å². The Labute approximate surface area is 176 Å². The van der Waals surface area contributed by atoms with Crippen LogP contribution in [0.2, 0.25) is 0 Å². The van der Waals surface area contributed by atoms with Gasteiger partial charge in [-0.15, -0.1) is 0 Å². The van der Waals surface area contributed by atoms with Gasteiger partial charge in [-0.2, -0.15) is 0 Å². The molecule has 2 aliphatic rings. The average molecular weight is 421 g/mol. The number of rotatable bonds is 6. The summed E-state index contributed by atoms with van der Waals surface area (Å²) in [5, 5.41) is 3.25. The molecule has 29 heavy (non-hydrogen) atoms. The molecule has 1 saturated carbocycles. The van der Waals surface area contributed by atoms with Crippen LogP contribution in [0.25, 0.3) is 0 Å². The van der Waals surface area contributed by atoms with Crippen molar-refractivity contribution in [2.24, 2.45) is 11.8 Å². The highest BCUT2D eigenvalue weighted by atomic mass is 32.2. The third kappa shape index (κ3) is 5.82. The highest BCUT2D eigenvalue weighted by Crippen LogP contribution is 2.33. The summed E-state index contributed by atoms with van der Waals surface area (Å²) in [4.78, 5) is 12.9. The lowest BCUT2D eigenvalue weighted by atomic mass is 9.83. The smallest absolute Gasteiger partial charge is 0.223 e. The van der Waals surface area contributed by atoms with E-state index in [1.54, 1.807) is 0 Å². The summed E-state index contributed by atoms with van der Waals surface area (Å²) in [5.41, 5.74) is 2.58. The van der Waals surface area contributed by atoms with Gasteiger partial charge in [0.2, 0.25) is 15.9 Å². The fourth-order valence-corrected chi connectivity index (χ4v) is 5.64. The Balaban J connectivity index is 1.62. The van der Waals surface area contributed by atoms with Gasteiger partial charge in [0.15, 0.2) is 0 Å². The van der Waals surface area contributed by atoms with E-state index in [0.717, 1.165) is 5.56 Å². The monoisotopic (exact) mass is 420 g/mol. The standard InChI is InChI=1S/C23H36N2O3S/c1-17(2)22(20-11-9-19(10-12-20)18-7-5-4-6-8-18)24-23(26)21-13-15-25(16-14-21)29(3,27)28/h9-12,17-18,21-22H,4-8,13-16H2,1-3H3,(H,24,26)/t22-/m0/s1. The van der Waals surface area contributed by atoms with Crippen LogP contribution in [0.5, 0.6) is 0 Å². The van der Waals surface area contributed by atoms with Crippen molar-refractivity contribution < 1.29 is 13.2 Å². The number of hydrogen-bond donors (Lipinski definition) is 1. The lowest BCUT2D eigenvalue weighted by molar-refractivity contribution is -0.127. The van der Waals surface area contributed by atoms with E-state index in [0.29, 0.717) is 31.8 Å². The van der Waals surface area contributed by atoms with Crippen molar-refractivity contribution in [3.8, 4) is 0 Å². The van der Waals surface area contributed by atoms with Crippen LogP contribution in [0.4, 0.5) is 0 Å². The van der Waals surface area contributed by atoms with Crippen molar-refractivity contribution in [3.63, 3.8) is 0 Å². The molecule has 1 aromatic rings. The maximum atomic E-state index is 12.9. The summed E-state index contributed by atoms with van der Waals surface area (Å²) in [6.07, 6.45) is 9.00. The number of benzene rings is 1. The van der Waals surface area contributed by atoms with E-state index >= 15 is 0 Å².